The highest BCUT2D eigenvalue weighted by molar-refractivity contribution is 14.0. The number of piperazine rings is 1. The van der Waals surface area contributed by atoms with Crippen molar-refractivity contribution in [1.29, 1.82) is 0 Å². The van der Waals surface area contributed by atoms with Gasteiger partial charge in [-0.3, -0.25) is 4.99 Å². The predicted octanol–water partition coefficient (Wildman–Crippen LogP) is 3.02. The number of anilines is 1. The van der Waals surface area contributed by atoms with Gasteiger partial charge in [-0.1, -0.05) is 42.8 Å². The Kier molecular flexibility index (Phi) is 9.66. The molecule has 6 nitrogen and oxygen atoms in total. The number of likely N-dealkylation sites (N-methyl/N-ethyl adjacent to an activating group) is 1. The number of aromatic nitrogens is 1. The molecular weight excluding hydrogens is 475 g/mol. The molecule has 0 saturated carbocycles. The highest BCUT2D eigenvalue weighted by Crippen LogP contribution is 2.14. The molecule has 0 radical (unpaired) electrons. The molecule has 1 aliphatic rings. The number of hydrogen-bond acceptors (Lipinski definition) is 4. The third-order valence-electron chi connectivity index (χ3n) is 5.22. The van der Waals surface area contributed by atoms with E-state index in [9.17, 15) is 0 Å². The zero-order valence-corrected chi connectivity index (χ0v) is 20.0. The Bertz CT molecular complexity index is 752. The summed E-state index contributed by atoms with van der Waals surface area (Å²) in [5, 5.41) is 6.71. The fraction of sp³-hybridized carbons (Fsp3) is 0.455. The Morgan fingerprint density at radius 1 is 0.966 bits per heavy atom. The summed E-state index contributed by atoms with van der Waals surface area (Å²) in [7, 11) is 1.79. The summed E-state index contributed by atoms with van der Waals surface area (Å²) in [5.41, 5.74) is 3.66. The van der Waals surface area contributed by atoms with Crippen LogP contribution >= 0.6 is 24.0 Å². The van der Waals surface area contributed by atoms with Crippen molar-refractivity contribution in [3.8, 4) is 0 Å². The van der Waals surface area contributed by atoms with Crippen molar-refractivity contribution in [1.82, 2.24) is 20.5 Å². The van der Waals surface area contributed by atoms with Crippen LogP contribution in [-0.2, 0) is 13.1 Å². The highest BCUT2D eigenvalue weighted by Gasteiger charge is 2.16. The Morgan fingerprint density at radius 3 is 2.14 bits per heavy atom. The quantitative estimate of drug-likeness (QED) is 0.357. The Labute approximate surface area is 191 Å². The molecule has 0 aliphatic carbocycles. The second-order valence-electron chi connectivity index (χ2n) is 7.21. The van der Waals surface area contributed by atoms with Crippen LogP contribution < -0.4 is 15.5 Å². The van der Waals surface area contributed by atoms with Crippen LogP contribution in [-0.4, -0.2) is 55.6 Å². The second kappa shape index (κ2) is 12.0. The molecule has 2 aromatic rings. The van der Waals surface area contributed by atoms with Crippen LogP contribution in [0.1, 0.15) is 23.6 Å². The van der Waals surface area contributed by atoms with Gasteiger partial charge in [-0.2, -0.15) is 0 Å². The minimum absolute atomic E-state index is 0. The lowest BCUT2D eigenvalue weighted by atomic mass is 10.1. The maximum absolute atomic E-state index is 4.67. The zero-order valence-electron chi connectivity index (χ0n) is 17.7. The van der Waals surface area contributed by atoms with Crippen LogP contribution in [0, 0.1) is 6.92 Å². The van der Waals surface area contributed by atoms with Crippen LogP contribution in [0.5, 0.6) is 0 Å². The van der Waals surface area contributed by atoms with Crippen LogP contribution in [0.15, 0.2) is 47.6 Å². The number of pyridine rings is 1. The molecule has 0 bridgehead atoms. The number of benzene rings is 1. The van der Waals surface area contributed by atoms with Crippen molar-refractivity contribution in [2.45, 2.75) is 26.9 Å². The van der Waals surface area contributed by atoms with E-state index in [2.05, 4.69) is 80.7 Å². The van der Waals surface area contributed by atoms with Gasteiger partial charge in [0.1, 0.15) is 5.82 Å². The molecule has 158 valence electrons. The minimum Gasteiger partial charge on any atom is -0.354 e. The first-order chi connectivity index (χ1) is 13.7. The zero-order chi connectivity index (χ0) is 19.8. The summed E-state index contributed by atoms with van der Waals surface area (Å²) in [4.78, 5) is 13.8. The van der Waals surface area contributed by atoms with Gasteiger partial charge in [0.15, 0.2) is 5.96 Å². The SMILES string of the molecule is CCN1CCN(c2ccc(CNC(=NC)NCc3ccc(C)cc3)cn2)CC1.I. The van der Waals surface area contributed by atoms with Crippen molar-refractivity contribution in [3.05, 3.63) is 59.3 Å². The largest absolute Gasteiger partial charge is 0.354 e. The number of hydrogen-bond donors (Lipinski definition) is 2. The molecule has 1 aromatic heterocycles. The Morgan fingerprint density at radius 2 is 1.59 bits per heavy atom. The number of rotatable bonds is 6. The standard InChI is InChI=1S/C22H32N6.HI/c1-4-27-11-13-28(14-12-27)21-10-9-20(16-24-21)17-26-22(23-3)25-15-19-7-5-18(2)6-8-19;/h5-10,16H,4,11-15,17H2,1-3H3,(H2,23,25,26);1H. The first-order valence-electron chi connectivity index (χ1n) is 10.1. The summed E-state index contributed by atoms with van der Waals surface area (Å²) in [6, 6.07) is 12.8. The van der Waals surface area contributed by atoms with E-state index < -0.39 is 0 Å². The summed E-state index contributed by atoms with van der Waals surface area (Å²) < 4.78 is 0. The lowest BCUT2D eigenvalue weighted by Gasteiger charge is -2.34. The highest BCUT2D eigenvalue weighted by atomic mass is 127. The van der Waals surface area contributed by atoms with Crippen LogP contribution in [0.2, 0.25) is 0 Å². The van der Waals surface area contributed by atoms with Gasteiger partial charge >= 0.3 is 0 Å². The monoisotopic (exact) mass is 508 g/mol. The van der Waals surface area contributed by atoms with E-state index in [0.29, 0.717) is 6.54 Å². The normalized spacial score (nSPS) is 15.0. The van der Waals surface area contributed by atoms with E-state index in [1.807, 2.05) is 6.20 Å². The third-order valence-corrected chi connectivity index (χ3v) is 5.22. The molecule has 2 N–H and O–H groups in total. The van der Waals surface area contributed by atoms with Crippen LogP contribution in [0.4, 0.5) is 5.82 Å². The summed E-state index contributed by atoms with van der Waals surface area (Å²) >= 11 is 0. The van der Waals surface area contributed by atoms with Crippen LogP contribution in [0.25, 0.3) is 0 Å². The van der Waals surface area contributed by atoms with Gasteiger partial charge in [0.05, 0.1) is 0 Å². The van der Waals surface area contributed by atoms with E-state index >= 15 is 0 Å². The van der Waals surface area contributed by atoms with E-state index in [1.54, 1.807) is 7.05 Å². The molecule has 0 amide bonds. The molecular formula is C22H33IN6. The van der Waals surface area contributed by atoms with Gasteiger partial charge < -0.3 is 20.4 Å². The summed E-state index contributed by atoms with van der Waals surface area (Å²) in [5.74, 6) is 1.86. The molecule has 29 heavy (non-hydrogen) atoms. The Balaban J connectivity index is 0.00000300. The predicted molar refractivity (Wildman–Crippen MR) is 132 cm³/mol. The van der Waals surface area contributed by atoms with Gasteiger partial charge in [-0.15, -0.1) is 24.0 Å². The van der Waals surface area contributed by atoms with Gasteiger partial charge in [0, 0.05) is 52.5 Å². The van der Waals surface area contributed by atoms with Gasteiger partial charge in [-0.25, -0.2) is 4.98 Å². The van der Waals surface area contributed by atoms with Crippen molar-refractivity contribution in [2.75, 3.05) is 44.7 Å². The number of nitrogens with one attached hydrogen (secondary N) is 2. The van der Waals surface area contributed by atoms with Crippen LogP contribution in [0.3, 0.4) is 0 Å². The molecule has 0 atom stereocenters. The maximum atomic E-state index is 4.67. The lowest BCUT2D eigenvalue weighted by molar-refractivity contribution is 0.270. The fourth-order valence-corrected chi connectivity index (χ4v) is 3.30. The van der Waals surface area contributed by atoms with Gasteiger partial charge in [-0.05, 0) is 30.7 Å². The average molecular weight is 508 g/mol. The lowest BCUT2D eigenvalue weighted by Crippen LogP contribution is -2.46. The average Bonchev–Trinajstić information content (AvgIpc) is 2.75. The molecule has 1 fully saturated rings. The fourth-order valence-electron chi connectivity index (χ4n) is 3.30. The summed E-state index contributed by atoms with van der Waals surface area (Å²) in [6.45, 7) is 11.2. The van der Waals surface area contributed by atoms with Crippen molar-refractivity contribution in [3.63, 3.8) is 0 Å². The maximum Gasteiger partial charge on any atom is 0.191 e. The van der Waals surface area contributed by atoms with Crippen molar-refractivity contribution < 1.29 is 0 Å². The number of halogens is 1. The first kappa shape index (κ1) is 23.4. The molecule has 7 heteroatoms. The first-order valence-corrected chi connectivity index (χ1v) is 10.1. The minimum atomic E-state index is 0. The summed E-state index contributed by atoms with van der Waals surface area (Å²) in [6.07, 6.45) is 1.96. The molecule has 2 heterocycles. The smallest absolute Gasteiger partial charge is 0.191 e. The number of nitrogens with zero attached hydrogens (tertiary/aromatic N) is 4. The van der Waals surface area contributed by atoms with E-state index in [1.165, 1.54) is 11.1 Å². The third kappa shape index (κ3) is 7.15. The van der Waals surface area contributed by atoms with Crippen molar-refractivity contribution in [2.24, 2.45) is 4.99 Å². The topological polar surface area (TPSA) is 55.8 Å². The molecule has 1 aliphatic heterocycles. The molecule has 0 unspecified atom stereocenters. The Hall–Kier alpha value is -1.87. The molecule has 1 saturated heterocycles. The van der Waals surface area contributed by atoms with E-state index in [0.717, 1.165) is 56.6 Å². The molecule has 3 rings (SSSR count). The number of aryl methyl sites for hydroxylation is 1. The van der Waals surface area contributed by atoms with E-state index in [4.69, 9.17) is 0 Å². The molecule has 1 aromatic carbocycles. The molecule has 0 spiro atoms. The van der Waals surface area contributed by atoms with E-state index in [-0.39, 0.29) is 24.0 Å². The van der Waals surface area contributed by atoms with Gasteiger partial charge in [0.2, 0.25) is 0 Å². The second-order valence-corrected chi connectivity index (χ2v) is 7.21. The van der Waals surface area contributed by atoms with Gasteiger partial charge in [0.25, 0.3) is 0 Å². The van der Waals surface area contributed by atoms with Crippen molar-refractivity contribution >= 4 is 35.8 Å². The number of guanidine groups is 1. The number of aliphatic imine (C=N–C) groups is 1.